The number of carbonyl (C=O) groups excluding carboxylic acids is 2. The van der Waals surface area contributed by atoms with Crippen molar-refractivity contribution in [3.8, 4) is 6.07 Å². The van der Waals surface area contributed by atoms with Crippen molar-refractivity contribution in [2.24, 2.45) is 0 Å². The molecule has 0 unspecified atom stereocenters. The maximum absolute atomic E-state index is 12.5. The number of nitrogens with zero attached hydrogens (tertiary/aromatic N) is 1. The van der Waals surface area contributed by atoms with Crippen LogP contribution in [-0.4, -0.2) is 17.6 Å². The van der Waals surface area contributed by atoms with Gasteiger partial charge in [-0.25, -0.2) is 0 Å². The third-order valence-corrected chi connectivity index (χ3v) is 6.53. The number of nitrogens with one attached hydrogen (secondary N) is 2. The van der Waals surface area contributed by atoms with Crippen molar-refractivity contribution in [3.63, 3.8) is 0 Å². The Morgan fingerprint density at radius 3 is 2.68 bits per heavy atom. The molecule has 0 saturated heterocycles. The molecule has 2 N–H and O–H groups in total. The van der Waals surface area contributed by atoms with E-state index in [-0.39, 0.29) is 29.9 Å². The van der Waals surface area contributed by atoms with Gasteiger partial charge < -0.3 is 10.6 Å². The van der Waals surface area contributed by atoms with Crippen molar-refractivity contribution in [2.45, 2.75) is 33.1 Å². The van der Waals surface area contributed by atoms with Gasteiger partial charge in [-0.05, 0) is 43.3 Å². The Kier molecular flexibility index (Phi) is 6.22. The number of amides is 2. The van der Waals surface area contributed by atoms with E-state index < -0.39 is 0 Å². The molecule has 0 saturated carbocycles. The maximum atomic E-state index is 12.5. The summed E-state index contributed by atoms with van der Waals surface area (Å²) in [6.07, 6.45) is 0.251. The Hall–Kier alpha value is -2.56. The number of aryl methyl sites for hydroxylation is 3. The fourth-order valence-corrected chi connectivity index (χ4v) is 5.07. The molecule has 1 aliphatic heterocycles. The summed E-state index contributed by atoms with van der Waals surface area (Å²) in [5.74, 6) is -0.432. The van der Waals surface area contributed by atoms with Crippen LogP contribution in [0.3, 0.4) is 0 Å². The molecule has 1 aromatic carbocycles. The fourth-order valence-electron chi connectivity index (χ4n) is 3.36. The van der Waals surface area contributed by atoms with Gasteiger partial charge in [-0.15, -0.1) is 11.3 Å². The van der Waals surface area contributed by atoms with Crippen LogP contribution in [0.2, 0.25) is 0 Å². The summed E-state index contributed by atoms with van der Waals surface area (Å²) in [5, 5.41) is 17.8. The van der Waals surface area contributed by atoms with E-state index in [0.717, 1.165) is 27.3 Å². The van der Waals surface area contributed by atoms with Crippen molar-refractivity contribution in [1.29, 1.82) is 5.26 Å². The van der Waals surface area contributed by atoms with Crippen molar-refractivity contribution in [1.82, 2.24) is 5.32 Å². The molecule has 2 aromatic rings. The molecular weight excluding hydrogens is 390 g/mol. The van der Waals surface area contributed by atoms with E-state index in [1.165, 1.54) is 23.1 Å². The third-order valence-electron chi connectivity index (χ3n) is 4.53. The first-order chi connectivity index (χ1) is 13.4. The second kappa shape index (κ2) is 8.63. The molecule has 28 heavy (non-hydrogen) atoms. The molecule has 144 valence electrons. The number of rotatable bonds is 5. The standard InChI is InChI=1S/C21H21N3O2S2/c1-12-7-13(2)20(14(3)8-12)23-19(26)11-28-21-16(10-22)15(9-18(25)24-21)17-5-4-6-27-17/h4-8,15H,9,11H2,1-3H3,(H,23,26)(H,24,25)/t15-/m0/s1. The fraction of sp³-hybridized carbons (Fsp3) is 0.286. The van der Waals surface area contributed by atoms with E-state index in [1.807, 2.05) is 50.4 Å². The lowest BCUT2D eigenvalue weighted by Crippen LogP contribution is -2.31. The molecule has 5 nitrogen and oxygen atoms in total. The Bertz CT molecular complexity index is 965. The van der Waals surface area contributed by atoms with Gasteiger partial charge in [-0.3, -0.25) is 9.59 Å². The van der Waals surface area contributed by atoms with Crippen LogP contribution >= 0.6 is 23.1 Å². The minimum atomic E-state index is -0.245. The summed E-state index contributed by atoms with van der Waals surface area (Å²) in [6, 6.07) is 10.1. The minimum absolute atomic E-state index is 0.116. The summed E-state index contributed by atoms with van der Waals surface area (Å²) in [6.45, 7) is 5.95. The van der Waals surface area contributed by atoms with Crippen LogP contribution in [-0.2, 0) is 9.59 Å². The van der Waals surface area contributed by atoms with Crippen molar-refractivity contribution >= 4 is 40.6 Å². The minimum Gasteiger partial charge on any atom is -0.325 e. The molecule has 1 aliphatic rings. The number of hydrogen-bond donors (Lipinski definition) is 2. The van der Waals surface area contributed by atoms with Crippen LogP contribution in [0.1, 0.15) is 33.9 Å². The molecule has 1 atom stereocenters. The van der Waals surface area contributed by atoms with Crippen LogP contribution in [0, 0.1) is 32.1 Å². The van der Waals surface area contributed by atoms with Crippen LogP contribution in [0.15, 0.2) is 40.2 Å². The summed E-state index contributed by atoms with van der Waals surface area (Å²) < 4.78 is 0. The highest BCUT2D eigenvalue weighted by Crippen LogP contribution is 2.37. The Morgan fingerprint density at radius 2 is 2.07 bits per heavy atom. The Labute approximate surface area is 172 Å². The zero-order valence-corrected chi connectivity index (χ0v) is 17.6. The number of allylic oxidation sites excluding steroid dienone is 1. The van der Waals surface area contributed by atoms with E-state index in [1.54, 1.807) is 0 Å². The van der Waals surface area contributed by atoms with E-state index in [4.69, 9.17) is 0 Å². The average molecular weight is 412 g/mol. The lowest BCUT2D eigenvalue weighted by atomic mass is 9.93. The van der Waals surface area contributed by atoms with Gasteiger partial charge in [0.05, 0.1) is 22.4 Å². The molecule has 3 rings (SSSR count). The summed E-state index contributed by atoms with van der Waals surface area (Å²) in [7, 11) is 0. The number of benzene rings is 1. The molecule has 1 aromatic heterocycles. The molecular formula is C21H21N3O2S2. The normalized spacial score (nSPS) is 16.5. The van der Waals surface area contributed by atoms with Crippen LogP contribution in [0.5, 0.6) is 0 Å². The number of thiophene rings is 1. The molecule has 0 spiro atoms. The molecule has 2 heterocycles. The van der Waals surface area contributed by atoms with Gasteiger partial charge in [-0.2, -0.15) is 5.26 Å². The molecule has 0 bridgehead atoms. The number of carbonyl (C=O) groups is 2. The van der Waals surface area contributed by atoms with Crippen molar-refractivity contribution in [2.75, 3.05) is 11.1 Å². The van der Waals surface area contributed by atoms with Crippen LogP contribution in [0.4, 0.5) is 5.69 Å². The SMILES string of the molecule is Cc1cc(C)c(NC(=O)CSC2=C(C#N)[C@@H](c3cccs3)CC(=O)N2)c(C)c1. The zero-order valence-electron chi connectivity index (χ0n) is 16.0. The molecule has 0 aliphatic carbocycles. The quantitative estimate of drug-likeness (QED) is 0.765. The second-order valence-electron chi connectivity index (χ2n) is 6.79. The maximum Gasteiger partial charge on any atom is 0.234 e. The van der Waals surface area contributed by atoms with Gasteiger partial charge in [0.2, 0.25) is 11.8 Å². The topological polar surface area (TPSA) is 82.0 Å². The van der Waals surface area contributed by atoms with E-state index in [0.29, 0.717) is 10.6 Å². The average Bonchev–Trinajstić information content (AvgIpc) is 3.17. The number of thioether (sulfide) groups is 1. The van der Waals surface area contributed by atoms with E-state index in [2.05, 4.69) is 16.7 Å². The summed E-state index contributed by atoms with van der Waals surface area (Å²) >= 11 is 2.72. The highest BCUT2D eigenvalue weighted by Gasteiger charge is 2.30. The van der Waals surface area contributed by atoms with Crippen molar-refractivity contribution < 1.29 is 9.59 Å². The summed E-state index contributed by atoms with van der Waals surface area (Å²) in [5.41, 5.74) is 4.50. The third kappa shape index (κ3) is 4.46. The monoisotopic (exact) mass is 411 g/mol. The van der Waals surface area contributed by atoms with Crippen molar-refractivity contribution in [3.05, 3.63) is 61.8 Å². The molecule has 7 heteroatoms. The van der Waals surface area contributed by atoms with E-state index >= 15 is 0 Å². The van der Waals surface area contributed by atoms with Gasteiger partial charge in [0.15, 0.2) is 0 Å². The Balaban J connectivity index is 1.74. The first-order valence-corrected chi connectivity index (χ1v) is 10.7. The predicted octanol–water partition coefficient (Wildman–Crippen LogP) is 4.38. The first kappa shape index (κ1) is 20.2. The van der Waals surface area contributed by atoms with Gasteiger partial charge >= 0.3 is 0 Å². The second-order valence-corrected chi connectivity index (χ2v) is 8.75. The summed E-state index contributed by atoms with van der Waals surface area (Å²) in [4.78, 5) is 25.6. The molecule has 0 fully saturated rings. The van der Waals surface area contributed by atoms with Gasteiger partial charge in [0.1, 0.15) is 0 Å². The molecule has 0 radical (unpaired) electrons. The zero-order chi connectivity index (χ0) is 20.3. The molecule has 2 amide bonds. The van der Waals surface area contributed by atoms with Crippen LogP contribution < -0.4 is 10.6 Å². The largest absolute Gasteiger partial charge is 0.325 e. The Morgan fingerprint density at radius 1 is 1.36 bits per heavy atom. The highest BCUT2D eigenvalue weighted by molar-refractivity contribution is 8.03. The number of nitriles is 1. The number of anilines is 1. The van der Waals surface area contributed by atoms with Gasteiger partial charge in [0.25, 0.3) is 0 Å². The van der Waals surface area contributed by atoms with Gasteiger partial charge in [0, 0.05) is 22.9 Å². The first-order valence-electron chi connectivity index (χ1n) is 8.87. The van der Waals surface area contributed by atoms with E-state index in [9.17, 15) is 14.9 Å². The predicted molar refractivity (Wildman–Crippen MR) is 114 cm³/mol. The highest BCUT2D eigenvalue weighted by atomic mass is 32.2. The lowest BCUT2D eigenvalue weighted by molar-refractivity contribution is -0.121. The number of hydrogen-bond acceptors (Lipinski definition) is 5. The lowest BCUT2D eigenvalue weighted by Gasteiger charge is -2.24. The van der Waals surface area contributed by atoms with Gasteiger partial charge in [-0.1, -0.05) is 35.5 Å². The van der Waals surface area contributed by atoms with Crippen LogP contribution in [0.25, 0.3) is 0 Å². The smallest absolute Gasteiger partial charge is 0.234 e.